The van der Waals surface area contributed by atoms with Crippen LogP contribution in [0.1, 0.15) is 5.89 Å². The molecular formula is C16H13BrN2O4S. The van der Waals surface area contributed by atoms with E-state index in [0.717, 1.165) is 16.3 Å². The molecule has 8 heteroatoms. The fraction of sp³-hybridized carbons (Fsp3) is 0.125. The van der Waals surface area contributed by atoms with Crippen LogP contribution in [0.3, 0.4) is 0 Å². The second-order valence-corrected chi connectivity index (χ2v) is 7.99. The van der Waals surface area contributed by atoms with E-state index in [0.29, 0.717) is 17.5 Å². The number of nitrogens with zero attached hydrogens (tertiary/aromatic N) is 2. The van der Waals surface area contributed by atoms with Gasteiger partial charge >= 0.3 is 0 Å². The topological polar surface area (TPSA) is 82.3 Å². The van der Waals surface area contributed by atoms with E-state index < -0.39 is 9.84 Å². The molecule has 0 aliphatic heterocycles. The average Bonchev–Trinajstić information content (AvgIpc) is 3.01. The molecule has 1 aromatic heterocycles. The molecule has 124 valence electrons. The summed E-state index contributed by atoms with van der Waals surface area (Å²) in [6.45, 7) is 0.0965. The van der Waals surface area contributed by atoms with Crippen LogP contribution >= 0.6 is 15.9 Å². The lowest BCUT2D eigenvalue weighted by Gasteiger charge is -2.04. The zero-order valence-electron chi connectivity index (χ0n) is 12.6. The molecule has 0 radical (unpaired) electrons. The monoisotopic (exact) mass is 408 g/mol. The Kier molecular flexibility index (Phi) is 4.68. The van der Waals surface area contributed by atoms with Crippen LogP contribution in [0.4, 0.5) is 0 Å². The molecule has 0 N–H and O–H groups in total. The molecule has 0 spiro atoms. The maximum atomic E-state index is 11.4. The molecule has 0 aliphatic rings. The maximum Gasteiger partial charge on any atom is 0.264 e. The van der Waals surface area contributed by atoms with Gasteiger partial charge in [0.05, 0.1) is 4.90 Å². The highest BCUT2D eigenvalue weighted by Gasteiger charge is 2.10. The van der Waals surface area contributed by atoms with Crippen LogP contribution in [0, 0.1) is 0 Å². The van der Waals surface area contributed by atoms with Gasteiger partial charge in [-0.15, -0.1) is 0 Å². The lowest BCUT2D eigenvalue weighted by molar-refractivity contribution is 0.243. The van der Waals surface area contributed by atoms with Crippen molar-refractivity contribution in [3.05, 3.63) is 58.9 Å². The summed E-state index contributed by atoms with van der Waals surface area (Å²) in [7, 11) is -3.22. The highest BCUT2D eigenvalue weighted by molar-refractivity contribution is 9.10. The lowest BCUT2D eigenvalue weighted by Crippen LogP contribution is -1.98. The van der Waals surface area contributed by atoms with E-state index in [4.69, 9.17) is 9.26 Å². The van der Waals surface area contributed by atoms with Gasteiger partial charge in [0.1, 0.15) is 5.75 Å². The Morgan fingerprint density at radius 3 is 2.58 bits per heavy atom. The van der Waals surface area contributed by atoms with Crippen molar-refractivity contribution in [3.63, 3.8) is 0 Å². The highest BCUT2D eigenvalue weighted by Crippen LogP contribution is 2.21. The maximum absolute atomic E-state index is 11.4. The molecular weight excluding hydrogens is 396 g/mol. The van der Waals surface area contributed by atoms with E-state index in [9.17, 15) is 8.42 Å². The van der Waals surface area contributed by atoms with Gasteiger partial charge < -0.3 is 9.26 Å². The first-order valence-corrected chi connectivity index (χ1v) is 9.62. The number of benzene rings is 2. The minimum atomic E-state index is -3.22. The summed E-state index contributed by atoms with van der Waals surface area (Å²) in [5, 5.41) is 3.92. The number of halogens is 1. The lowest BCUT2D eigenvalue weighted by atomic mass is 10.2. The normalized spacial score (nSPS) is 11.4. The van der Waals surface area contributed by atoms with Crippen molar-refractivity contribution >= 4 is 25.8 Å². The quantitative estimate of drug-likeness (QED) is 0.642. The van der Waals surface area contributed by atoms with Gasteiger partial charge in [0.2, 0.25) is 5.82 Å². The number of ether oxygens (including phenoxy) is 1. The van der Waals surface area contributed by atoms with Crippen molar-refractivity contribution < 1.29 is 17.7 Å². The number of sulfone groups is 1. The van der Waals surface area contributed by atoms with Crippen molar-refractivity contribution in [1.82, 2.24) is 10.1 Å². The summed E-state index contributed by atoms with van der Waals surface area (Å²) in [6.07, 6.45) is 1.16. The van der Waals surface area contributed by atoms with Crippen LogP contribution in [0.2, 0.25) is 0 Å². The SMILES string of the molecule is CS(=O)(=O)c1ccc(OCc2nc(-c3cccc(Br)c3)no2)cc1. The highest BCUT2D eigenvalue weighted by atomic mass is 79.9. The summed E-state index contributed by atoms with van der Waals surface area (Å²) in [5.74, 6) is 1.32. The number of aromatic nitrogens is 2. The van der Waals surface area contributed by atoms with Gasteiger partial charge in [0.15, 0.2) is 16.4 Å². The van der Waals surface area contributed by atoms with Gasteiger partial charge in [0, 0.05) is 16.3 Å². The Bertz CT molecular complexity index is 952. The molecule has 0 fully saturated rings. The van der Waals surface area contributed by atoms with E-state index in [1.54, 1.807) is 12.1 Å². The van der Waals surface area contributed by atoms with Crippen molar-refractivity contribution in [3.8, 4) is 17.1 Å². The predicted molar refractivity (Wildman–Crippen MR) is 91.3 cm³/mol. The van der Waals surface area contributed by atoms with Crippen molar-refractivity contribution in [2.45, 2.75) is 11.5 Å². The molecule has 0 aliphatic carbocycles. The van der Waals surface area contributed by atoms with Crippen LogP contribution in [0.15, 0.2) is 62.4 Å². The molecule has 1 heterocycles. The second kappa shape index (κ2) is 6.74. The second-order valence-electron chi connectivity index (χ2n) is 5.05. The van der Waals surface area contributed by atoms with Crippen molar-refractivity contribution in [2.75, 3.05) is 6.26 Å². The predicted octanol–water partition coefficient (Wildman–Crippen LogP) is 3.48. The molecule has 24 heavy (non-hydrogen) atoms. The fourth-order valence-electron chi connectivity index (χ4n) is 1.99. The number of rotatable bonds is 5. The molecule has 0 saturated carbocycles. The molecule has 2 aromatic carbocycles. The van der Waals surface area contributed by atoms with E-state index in [1.807, 2.05) is 24.3 Å². The van der Waals surface area contributed by atoms with Gasteiger partial charge in [-0.2, -0.15) is 4.98 Å². The van der Waals surface area contributed by atoms with Crippen LogP contribution in [-0.2, 0) is 16.4 Å². The first kappa shape index (κ1) is 16.7. The van der Waals surface area contributed by atoms with E-state index in [2.05, 4.69) is 26.1 Å². The Morgan fingerprint density at radius 2 is 1.92 bits per heavy atom. The standard InChI is InChI=1S/C16H13BrN2O4S/c1-24(20,21)14-7-5-13(6-8-14)22-10-15-18-16(19-23-15)11-3-2-4-12(17)9-11/h2-9H,10H2,1H3. The van der Waals surface area contributed by atoms with Gasteiger partial charge in [0.25, 0.3) is 5.89 Å². The van der Waals surface area contributed by atoms with E-state index in [-0.39, 0.29) is 11.5 Å². The molecule has 0 saturated heterocycles. The zero-order valence-corrected chi connectivity index (χ0v) is 15.0. The summed E-state index contributed by atoms with van der Waals surface area (Å²) >= 11 is 3.39. The number of hydrogen-bond donors (Lipinski definition) is 0. The van der Waals surface area contributed by atoms with Crippen LogP contribution in [-0.4, -0.2) is 24.8 Å². The third kappa shape index (κ3) is 4.01. The third-order valence-electron chi connectivity index (χ3n) is 3.17. The molecule has 6 nitrogen and oxygen atoms in total. The fourth-order valence-corrected chi connectivity index (χ4v) is 3.02. The zero-order chi connectivity index (χ0) is 17.2. The largest absolute Gasteiger partial charge is 0.484 e. The Hall–Kier alpha value is -2.19. The molecule has 3 rings (SSSR count). The molecule has 0 bridgehead atoms. The van der Waals surface area contributed by atoms with Crippen molar-refractivity contribution in [1.29, 1.82) is 0 Å². The van der Waals surface area contributed by atoms with Crippen molar-refractivity contribution in [2.24, 2.45) is 0 Å². The first-order valence-electron chi connectivity index (χ1n) is 6.93. The van der Waals surface area contributed by atoms with E-state index >= 15 is 0 Å². The van der Waals surface area contributed by atoms with Crippen LogP contribution < -0.4 is 4.74 Å². The Labute approximate surface area is 147 Å². The molecule has 0 unspecified atom stereocenters. The Balaban J connectivity index is 1.67. The van der Waals surface area contributed by atoms with Gasteiger partial charge in [-0.1, -0.05) is 33.2 Å². The summed E-state index contributed by atoms with van der Waals surface area (Å²) < 4.78 is 34.4. The molecule has 3 aromatic rings. The number of hydrogen-bond acceptors (Lipinski definition) is 6. The van der Waals surface area contributed by atoms with Gasteiger partial charge in [-0.05, 0) is 36.4 Å². The first-order chi connectivity index (χ1) is 11.4. The smallest absolute Gasteiger partial charge is 0.264 e. The summed E-state index contributed by atoms with van der Waals surface area (Å²) in [4.78, 5) is 4.51. The van der Waals surface area contributed by atoms with Gasteiger partial charge in [-0.25, -0.2) is 8.42 Å². The molecule has 0 amide bonds. The minimum absolute atomic E-state index is 0.0965. The third-order valence-corrected chi connectivity index (χ3v) is 4.79. The Morgan fingerprint density at radius 1 is 1.17 bits per heavy atom. The van der Waals surface area contributed by atoms with Crippen LogP contribution in [0.25, 0.3) is 11.4 Å². The summed E-state index contributed by atoms with van der Waals surface area (Å²) in [6, 6.07) is 13.7. The summed E-state index contributed by atoms with van der Waals surface area (Å²) in [5.41, 5.74) is 0.830. The average molecular weight is 409 g/mol. The molecule has 0 atom stereocenters. The van der Waals surface area contributed by atoms with Gasteiger partial charge in [-0.3, -0.25) is 0 Å². The van der Waals surface area contributed by atoms with Crippen LogP contribution in [0.5, 0.6) is 5.75 Å². The minimum Gasteiger partial charge on any atom is -0.484 e. The van der Waals surface area contributed by atoms with E-state index in [1.165, 1.54) is 12.1 Å².